The summed E-state index contributed by atoms with van der Waals surface area (Å²) in [5.41, 5.74) is 0.387. The van der Waals surface area contributed by atoms with Gasteiger partial charge in [0.15, 0.2) is 4.34 Å². The Kier molecular flexibility index (Phi) is 3.93. The zero-order chi connectivity index (χ0) is 13.1. The fraction of sp³-hybridized carbons (Fsp3) is 0.0909. The van der Waals surface area contributed by atoms with Gasteiger partial charge in [0.25, 0.3) is 0 Å². The highest BCUT2D eigenvalue weighted by molar-refractivity contribution is 8.01. The summed E-state index contributed by atoms with van der Waals surface area (Å²) in [7, 11) is 0. The summed E-state index contributed by atoms with van der Waals surface area (Å²) >= 11 is 2.25. The molecule has 0 aliphatic carbocycles. The number of carboxylic acid groups (broad SMARTS) is 1. The van der Waals surface area contributed by atoms with Gasteiger partial charge in [-0.05, 0) is 18.2 Å². The Labute approximate surface area is 109 Å². The second kappa shape index (κ2) is 5.45. The lowest BCUT2D eigenvalue weighted by Crippen LogP contribution is -1.97. The second-order valence-electron chi connectivity index (χ2n) is 3.31. The smallest absolute Gasteiger partial charge is 0.313 e. The fourth-order valence-electron chi connectivity index (χ4n) is 1.26. The molecule has 0 bridgehead atoms. The molecule has 0 unspecified atom stereocenters. The molecule has 0 saturated heterocycles. The molecule has 0 amide bonds. The quantitative estimate of drug-likeness (QED) is 0.877. The van der Waals surface area contributed by atoms with E-state index in [2.05, 4.69) is 4.98 Å². The summed E-state index contributed by atoms with van der Waals surface area (Å²) in [5, 5.41) is 10.1. The molecule has 0 radical (unpaired) electrons. The highest BCUT2D eigenvalue weighted by Crippen LogP contribution is 2.29. The van der Waals surface area contributed by atoms with Gasteiger partial charge < -0.3 is 5.11 Å². The molecule has 0 spiro atoms. The van der Waals surface area contributed by atoms with E-state index >= 15 is 0 Å². The molecule has 18 heavy (non-hydrogen) atoms. The Hall–Kier alpha value is -1.47. The van der Waals surface area contributed by atoms with Gasteiger partial charge in [0.2, 0.25) is 0 Å². The number of hydrogen-bond acceptors (Lipinski definition) is 4. The SMILES string of the molecule is O=C(O)CSc1nc(-c2cc(F)ccc2F)cs1. The largest absolute Gasteiger partial charge is 0.481 e. The van der Waals surface area contributed by atoms with E-state index in [-0.39, 0.29) is 11.3 Å². The Morgan fingerprint density at radius 3 is 2.94 bits per heavy atom. The van der Waals surface area contributed by atoms with Gasteiger partial charge in [0.05, 0.1) is 11.4 Å². The van der Waals surface area contributed by atoms with Gasteiger partial charge >= 0.3 is 5.97 Å². The first-order valence-electron chi connectivity index (χ1n) is 4.82. The molecule has 1 aromatic carbocycles. The van der Waals surface area contributed by atoms with E-state index in [0.29, 0.717) is 10.0 Å². The van der Waals surface area contributed by atoms with Crippen LogP contribution in [0, 0.1) is 11.6 Å². The predicted molar refractivity (Wildman–Crippen MR) is 65.8 cm³/mol. The van der Waals surface area contributed by atoms with E-state index in [1.165, 1.54) is 11.3 Å². The normalized spacial score (nSPS) is 10.6. The minimum absolute atomic E-state index is 0.0772. The third-order valence-electron chi connectivity index (χ3n) is 2.01. The van der Waals surface area contributed by atoms with Crippen LogP contribution in [-0.2, 0) is 4.79 Å². The molecular formula is C11H7F2NO2S2. The number of rotatable bonds is 4. The highest BCUT2D eigenvalue weighted by Gasteiger charge is 2.11. The molecule has 7 heteroatoms. The van der Waals surface area contributed by atoms with Crippen molar-refractivity contribution in [3.8, 4) is 11.3 Å². The molecule has 0 aliphatic heterocycles. The van der Waals surface area contributed by atoms with Crippen LogP contribution in [-0.4, -0.2) is 21.8 Å². The fourth-order valence-corrected chi connectivity index (χ4v) is 2.81. The van der Waals surface area contributed by atoms with Crippen LogP contribution >= 0.6 is 23.1 Å². The van der Waals surface area contributed by atoms with Crippen LogP contribution in [0.25, 0.3) is 11.3 Å². The number of nitrogens with zero attached hydrogens (tertiary/aromatic N) is 1. The van der Waals surface area contributed by atoms with Crippen molar-refractivity contribution in [2.24, 2.45) is 0 Å². The van der Waals surface area contributed by atoms with Crippen molar-refractivity contribution in [3.05, 3.63) is 35.2 Å². The van der Waals surface area contributed by atoms with Crippen molar-refractivity contribution < 1.29 is 18.7 Å². The lowest BCUT2D eigenvalue weighted by Gasteiger charge is -1.99. The van der Waals surface area contributed by atoms with E-state index in [1.54, 1.807) is 5.38 Å². The zero-order valence-electron chi connectivity index (χ0n) is 8.89. The van der Waals surface area contributed by atoms with Crippen LogP contribution in [0.4, 0.5) is 8.78 Å². The highest BCUT2D eigenvalue weighted by atomic mass is 32.2. The maximum absolute atomic E-state index is 13.5. The summed E-state index contributed by atoms with van der Waals surface area (Å²) in [5.74, 6) is -2.16. The van der Waals surface area contributed by atoms with Crippen LogP contribution in [0.1, 0.15) is 0 Å². The maximum atomic E-state index is 13.5. The van der Waals surface area contributed by atoms with Gasteiger partial charge in [-0.2, -0.15) is 0 Å². The topological polar surface area (TPSA) is 50.2 Å². The molecule has 1 heterocycles. The van der Waals surface area contributed by atoms with Crippen molar-refractivity contribution in [3.63, 3.8) is 0 Å². The Balaban J connectivity index is 2.23. The first kappa shape index (κ1) is 13.0. The number of aliphatic carboxylic acids is 1. The molecule has 0 aliphatic rings. The van der Waals surface area contributed by atoms with Crippen molar-refractivity contribution >= 4 is 29.1 Å². The van der Waals surface area contributed by atoms with Gasteiger partial charge in [0.1, 0.15) is 11.6 Å². The van der Waals surface area contributed by atoms with Crippen molar-refractivity contribution in [1.29, 1.82) is 0 Å². The van der Waals surface area contributed by atoms with Crippen LogP contribution in [0.3, 0.4) is 0 Å². The number of aromatic nitrogens is 1. The third kappa shape index (κ3) is 3.05. The summed E-state index contributed by atoms with van der Waals surface area (Å²) in [4.78, 5) is 14.5. The number of thioether (sulfide) groups is 1. The number of halogens is 2. The minimum Gasteiger partial charge on any atom is -0.481 e. The molecule has 94 valence electrons. The Morgan fingerprint density at radius 1 is 1.44 bits per heavy atom. The molecular weight excluding hydrogens is 280 g/mol. The van der Waals surface area contributed by atoms with Crippen molar-refractivity contribution in [2.75, 3.05) is 5.75 Å². The number of benzene rings is 1. The number of thiazole rings is 1. The zero-order valence-corrected chi connectivity index (χ0v) is 10.5. The average molecular weight is 287 g/mol. The number of carbonyl (C=O) groups is 1. The molecule has 0 saturated carbocycles. The Morgan fingerprint density at radius 2 is 2.22 bits per heavy atom. The van der Waals surface area contributed by atoms with Crippen LogP contribution in [0.2, 0.25) is 0 Å². The number of carboxylic acids is 1. The van der Waals surface area contributed by atoms with E-state index < -0.39 is 17.6 Å². The van der Waals surface area contributed by atoms with Crippen molar-refractivity contribution in [1.82, 2.24) is 4.98 Å². The molecule has 0 fully saturated rings. The van der Waals surface area contributed by atoms with E-state index in [9.17, 15) is 13.6 Å². The van der Waals surface area contributed by atoms with Gasteiger partial charge in [-0.15, -0.1) is 11.3 Å². The summed E-state index contributed by atoms with van der Waals surface area (Å²) in [6.45, 7) is 0. The lowest BCUT2D eigenvalue weighted by atomic mass is 10.1. The molecule has 3 nitrogen and oxygen atoms in total. The predicted octanol–water partition coefficient (Wildman–Crippen LogP) is 3.27. The molecule has 2 rings (SSSR count). The maximum Gasteiger partial charge on any atom is 0.313 e. The van der Waals surface area contributed by atoms with Gasteiger partial charge in [-0.25, -0.2) is 13.8 Å². The summed E-state index contributed by atoms with van der Waals surface area (Å²) in [6, 6.07) is 3.13. The third-order valence-corrected chi connectivity index (χ3v) is 4.01. The summed E-state index contributed by atoms with van der Waals surface area (Å²) in [6.07, 6.45) is 0. The molecule has 1 aromatic heterocycles. The van der Waals surface area contributed by atoms with Gasteiger partial charge in [0, 0.05) is 10.9 Å². The van der Waals surface area contributed by atoms with E-state index in [4.69, 9.17) is 5.11 Å². The standard InChI is InChI=1S/C11H7F2NO2S2/c12-6-1-2-8(13)7(3-6)9-4-17-11(14-9)18-5-10(15)16/h1-4H,5H2,(H,15,16). The van der Waals surface area contributed by atoms with Crippen molar-refractivity contribution in [2.45, 2.75) is 4.34 Å². The second-order valence-corrected chi connectivity index (χ2v) is 5.39. The van der Waals surface area contributed by atoms with Crippen LogP contribution in [0.5, 0.6) is 0 Å². The van der Waals surface area contributed by atoms with E-state index in [1.807, 2.05) is 0 Å². The monoisotopic (exact) mass is 287 g/mol. The summed E-state index contributed by atoms with van der Waals surface area (Å²) < 4.78 is 27.0. The molecule has 0 atom stereocenters. The van der Waals surface area contributed by atoms with Gasteiger partial charge in [-0.3, -0.25) is 4.79 Å². The number of hydrogen-bond donors (Lipinski definition) is 1. The minimum atomic E-state index is -0.950. The van der Waals surface area contributed by atoms with Crippen LogP contribution in [0.15, 0.2) is 27.9 Å². The van der Waals surface area contributed by atoms with Crippen LogP contribution < -0.4 is 0 Å². The van der Waals surface area contributed by atoms with E-state index in [0.717, 1.165) is 30.0 Å². The Bertz CT molecular complexity index is 586. The average Bonchev–Trinajstić information content (AvgIpc) is 2.78. The first-order chi connectivity index (χ1) is 8.56. The molecule has 1 N–H and O–H groups in total. The van der Waals surface area contributed by atoms with Gasteiger partial charge in [-0.1, -0.05) is 11.8 Å². The molecule has 2 aromatic rings. The lowest BCUT2D eigenvalue weighted by molar-refractivity contribution is -0.133. The first-order valence-corrected chi connectivity index (χ1v) is 6.68.